The van der Waals surface area contributed by atoms with E-state index >= 15 is 0 Å². The van der Waals surface area contributed by atoms with E-state index in [4.69, 9.17) is 49.8 Å². The van der Waals surface area contributed by atoms with Gasteiger partial charge in [-0.3, -0.25) is 10.7 Å². The van der Waals surface area contributed by atoms with E-state index in [1.165, 1.54) is 12.4 Å². The lowest BCUT2D eigenvalue weighted by Gasteiger charge is -2.17. The standard InChI is InChI=1S/C28H22Cl3N3O4/c29-20-9-16(6-7-17(20)19-10-18(19)14-2-1-3-15(8-14)28(35)36)37-27(32)24-25(34-38-26(24)13-4-5-13)23-21(30)11-33-12-22(23)31/h1-3,6-9,11-13,18-19,27H,4-5,10,32H2,(H,35,36). The van der Waals surface area contributed by atoms with Crippen molar-refractivity contribution in [3.05, 3.63) is 97.9 Å². The van der Waals surface area contributed by atoms with E-state index < -0.39 is 12.2 Å². The van der Waals surface area contributed by atoms with E-state index in [2.05, 4.69) is 10.1 Å². The number of nitrogens with two attached hydrogens (primary N) is 1. The van der Waals surface area contributed by atoms with Gasteiger partial charge in [-0.2, -0.15) is 0 Å². The molecule has 2 heterocycles. The highest BCUT2D eigenvalue weighted by atomic mass is 35.5. The van der Waals surface area contributed by atoms with E-state index in [0.717, 1.165) is 30.4 Å². The second-order valence-corrected chi connectivity index (χ2v) is 10.9. The minimum atomic E-state index is -0.936. The molecule has 0 amide bonds. The molecule has 2 aromatic heterocycles. The summed E-state index contributed by atoms with van der Waals surface area (Å²) in [7, 11) is 0. The highest BCUT2D eigenvalue weighted by Crippen LogP contribution is 2.56. The van der Waals surface area contributed by atoms with Gasteiger partial charge in [0, 0.05) is 28.9 Å². The average molecular weight is 571 g/mol. The first-order chi connectivity index (χ1) is 18.3. The van der Waals surface area contributed by atoms with Crippen molar-refractivity contribution in [1.82, 2.24) is 10.1 Å². The van der Waals surface area contributed by atoms with Crippen LogP contribution >= 0.6 is 34.8 Å². The Bertz CT molecular complexity index is 1530. The number of pyridine rings is 1. The van der Waals surface area contributed by atoms with E-state index in [1.807, 2.05) is 18.2 Å². The van der Waals surface area contributed by atoms with Crippen LogP contribution in [0.25, 0.3) is 11.3 Å². The number of benzene rings is 2. The van der Waals surface area contributed by atoms with Gasteiger partial charge >= 0.3 is 5.97 Å². The summed E-state index contributed by atoms with van der Waals surface area (Å²) in [6.45, 7) is 0. The van der Waals surface area contributed by atoms with E-state index in [-0.39, 0.29) is 23.3 Å². The Labute approximate surface area is 233 Å². The van der Waals surface area contributed by atoms with Crippen LogP contribution in [-0.2, 0) is 0 Å². The first kappa shape index (κ1) is 25.2. The summed E-state index contributed by atoms with van der Waals surface area (Å²) < 4.78 is 11.8. The van der Waals surface area contributed by atoms with Gasteiger partial charge in [-0.1, -0.05) is 58.2 Å². The lowest BCUT2D eigenvalue weighted by Crippen LogP contribution is -2.19. The summed E-state index contributed by atoms with van der Waals surface area (Å²) in [5, 5.41) is 14.8. The molecule has 2 fully saturated rings. The molecule has 3 unspecified atom stereocenters. The monoisotopic (exact) mass is 569 g/mol. The van der Waals surface area contributed by atoms with Crippen molar-refractivity contribution >= 4 is 40.8 Å². The number of carboxylic acid groups (broad SMARTS) is 1. The van der Waals surface area contributed by atoms with Crippen LogP contribution < -0.4 is 10.5 Å². The third kappa shape index (κ3) is 4.76. The van der Waals surface area contributed by atoms with Gasteiger partial charge in [0.15, 0.2) is 6.23 Å². The van der Waals surface area contributed by atoms with Crippen molar-refractivity contribution in [3.8, 4) is 17.0 Å². The van der Waals surface area contributed by atoms with Crippen molar-refractivity contribution in [2.45, 2.75) is 43.2 Å². The summed E-state index contributed by atoms with van der Waals surface area (Å²) in [5.41, 5.74) is 10.3. The van der Waals surface area contributed by atoms with Gasteiger partial charge in [-0.05, 0) is 66.5 Å². The van der Waals surface area contributed by atoms with Gasteiger partial charge in [-0.15, -0.1) is 0 Å². The zero-order valence-corrected chi connectivity index (χ0v) is 22.2. The molecule has 2 aliphatic carbocycles. The highest BCUT2D eigenvalue weighted by Gasteiger charge is 2.41. The van der Waals surface area contributed by atoms with Gasteiger partial charge in [0.1, 0.15) is 17.2 Å². The average Bonchev–Trinajstić information content (AvgIpc) is 3.82. The number of hydrogen-bond donors (Lipinski definition) is 2. The predicted molar refractivity (Wildman–Crippen MR) is 144 cm³/mol. The minimum Gasteiger partial charge on any atom is -0.478 e. The largest absolute Gasteiger partial charge is 0.478 e. The Kier molecular flexibility index (Phi) is 6.56. The number of halogens is 3. The van der Waals surface area contributed by atoms with Crippen molar-refractivity contribution in [3.63, 3.8) is 0 Å². The Morgan fingerprint density at radius 1 is 1.05 bits per heavy atom. The third-order valence-electron chi connectivity index (χ3n) is 7.07. The first-order valence-corrected chi connectivity index (χ1v) is 13.3. The Hall–Kier alpha value is -3.10. The maximum Gasteiger partial charge on any atom is 0.335 e. The molecule has 0 radical (unpaired) electrons. The van der Waals surface area contributed by atoms with Gasteiger partial charge in [0.05, 0.1) is 21.2 Å². The van der Waals surface area contributed by atoms with Gasteiger partial charge in [0.2, 0.25) is 0 Å². The number of nitrogens with zero attached hydrogens (tertiary/aromatic N) is 2. The number of ether oxygens (including phenoxy) is 1. The molecule has 2 aliphatic rings. The molecule has 194 valence electrons. The van der Waals surface area contributed by atoms with Crippen molar-refractivity contribution in [2.75, 3.05) is 0 Å². The summed E-state index contributed by atoms with van der Waals surface area (Å²) >= 11 is 19.5. The lowest BCUT2D eigenvalue weighted by atomic mass is 10.0. The maximum atomic E-state index is 11.3. The fourth-order valence-corrected chi connectivity index (χ4v) is 5.79. The molecule has 0 spiro atoms. The molecule has 3 atom stereocenters. The molecular formula is C28H22Cl3N3O4. The van der Waals surface area contributed by atoms with E-state index in [9.17, 15) is 9.90 Å². The molecule has 0 aliphatic heterocycles. The van der Waals surface area contributed by atoms with E-state index in [0.29, 0.717) is 43.4 Å². The van der Waals surface area contributed by atoms with Crippen molar-refractivity contribution in [1.29, 1.82) is 0 Å². The number of aromatic carboxylic acids is 1. The van der Waals surface area contributed by atoms with Gasteiger partial charge < -0.3 is 14.4 Å². The van der Waals surface area contributed by atoms with Crippen LogP contribution in [0.4, 0.5) is 0 Å². The van der Waals surface area contributed by atoms with Crippen LogP contribution in [0.5, 0.6) is 5.75 Å². The zero-order chi connectivity index (χ0) is 26.6. The van der Waals surface area contributed by atoms with Gasteiger partial charge in [0.25, 0.3) is 0 Å². The summed E-state index contributed by atoms with van der Waals surface area (Å²) in [6, 6.07) is 12.6. The molecule has 10 heteroatoms. The smallest absolute Gasteiger partial charge is 0.335 e. The molecule has 6 rings (SSSR count). The predicted octanol–water partition coefficient (Wildman–Crippen LogP) is 7.58. The van der Waals surface area contributed by atoms with Gasteiger partial charge in [-0.25, -0.2) is 4.79 Å². The molecule has 2 saturated carbocycles. The summed E-state index contributed by atoms with van der Waals surface area (Å²) in [6.07, 6.45) is 4.93. The highest BCUT2D eigenvalue weighted by molar-refractivity contribution is 6.38. The van der Waals surface area contributed by atoms with E-state index in [1.54, 1.807) is 24.3 Å². The molecule has 38 heavy (non-hydrogen) atoms. The maximum absolute atomic E-state index is 11.3. The van der Waals surface area contributed by atoms with Crippen LogP contribution in [-0.4, -0.2) is 21.2 Å². The number of carboxylic acids is 1. The molecule has 0 bridgehead atoms. The Morgan fingerprint density at radius 2 is 1.82 bits per heavy atom. The third-order valence-corrected chi connectivity index (χ3v) is 7.97. The molecule has 7 nitrogen and oxygen atoms in total. The Balaban J connectivity index is 1.24. The molecule has 3 N–H and O–H groups in total. The summed E-state index contributed by atoms with van der Waals surface area (Å²) in [4.78, 5) is 15.4. The number of hydrogen-bond acceptors (Lipinski definition) is 6. The number of rotatable bonds is 8. The topological polar surface area (TPSA) is 111 Å². The SMILES string of the molecule is NC(Oc1ccc(C2CC2c2cccc(C(=O)O)c2)c(Cl)c1)c1c(-c2c(Cl)cncc2Cl)noc1C1CC1. The van der Waals surface area contributed by atoms with Crippen molar-refractivity contribution in [2.24, 2.45) is 5.73 Å². The van der Waals surface area contributed by atoms with Crippen LogP contribution in [0.15, 0.2) is 59.4 Å². The normalized spacial score (nSPS) is 19.3. The minimum absolute atomic E-state index is 0.205. The quantitative estimate of drug-likeness (QED) is 0.210. The van der Waals surface area contributed by atoms with Crippen LogP contribution in [0, 0.1) is 0 Å². The molecule has 0 saturated heterocycles. The lowest BCUT2D eigenvalue weighted by molar-refractivity contribution is 0.0696. The van der Waals surface area contributed by atoms with Crippen molar-refractivity contribution < 1.29 is 19.2 Å². The summed E-state index contributed by atoms with van der Waals surface area (Å²) in [5.74, 6) is 0.875. The number of carbonyl (C=O) groups is 1. The second-order valence-electron chi connectivity index (χ2n) is 9.66. The molecular weight excluding hydrogens is 549 g/mol. The fraction of sp³-hybridized carbons (Fsp3) is 0.250. The number of aromatic nitrogens is 2. The first-order valence-electron chi connectivity index (χ1n) is 12.2. The van der Waals surface area contributed by atoms with Crippen LogP contribution in [0.2, 0.25) is 15.1 Å². The zero-order valence-electron chi connectivity index (χ0n) is 19.9. The Morgan fingerprint density at radius 3 is 2.50 bits per heavy atom. The fourth-order valence-electron chi connectivity index (χ4n) is 4.94. The van der Waals surface area contributed by atoms with Crippen LogP contribution in [0.1, 0.15) is 76.1 Å². The second kappa shape index (κ2) is 9.89. The van der Waals surface area contributed by atoms with Crippen LogP contribution in [0.3, 0.4) is 0 Å². The molecule has 2 aromatic carbocycles. The molecule has 4 aromatic rings.